The van der Waals surface area contributed by atoms with E-state index in [2.05, 4.69) is 35.8 Å². The summed E-state index contributed by atoms with van der Waals surface area (Å²) in [6.07, 6.45) is 22.6. The SMILES string of the molecule is CCCCCCCCCCCCCCCCCCn1c(COC)nc2ccccc21. The molecule has 1 aromatic heterocycles. The molecule has 0 aliphatic rings. The minimum absolute atomic E-state index is 0.591. The number of ether oxygens (including phenoxy) is 1. The lowest BCUT2D eigenvalue weighted by Gasteiger charge is -2.09. The quantitative estimate of drug-likeness (QED) is 0.216. The zero-order valence-corrected chi connectivity index (χ0v) is 19.8. The van der Waals surface area contributed by atoms with Crippen molar-refractivity contribution in [2.45, 2.75) is 123 Å². The number of rotatable bonds is 19. The molecular weight excluding hydrogens is 368 g/mol. The van der Waals surface area contributed by atoms with Crippen LogP contribution in [-0.4, -0.2) is 16.7 Å². The molecule has 0 saturated heterocycles. The Bertz CT molecular complexity index is 664. The third-order valence-electron chi connectivity index (χ3n) is 6.24. The van der Waals surface area contributed by atoms with E-state index in [-0.39, 0.29) is 0 Å². The molecule has 30 heavy (non-hydrogen) atoms. The second-order valence-corrected chi connectivity index (χ2v) is 8.90. The van der Waals surface area contributed by atoms with Gasteiger partial charge in [-0.3, -0.25) is 0 Å². The van der Waals surface area contributed by atoms with Gasteiger partial charge in [-0.1, -0.05) is 115 Å². The maximum Gasteiger partial charge on any atom is 0.135 e. The van der Waals surface area contributed by atoms with Crippen LogP contribution in [0.1, 0.15) is 115 Å². The number of nitrogens with zero attached hydrogens (tertiary/aromatic N) is 2. The second-order valence-electron chi connectivity index (χ2n) is 8.90. The summed E-state index contributed by atoms with van der Waals surface area (Å²) >= 11 is 0. The fraction of sp³-hybridized carbons (Fsp3) is 0.741. The van der Waals surface area contributed by atoms with Gasteiger partial charge >= 0.3 is 0 Å². The number of para-hydroxylation sites is 2. The van der Waals surface area contributed by atoms with Crippen LogP contribution >= 0.6 is 0 Å². The van der Waals surface area contributed by atoms with Crippen molar-refractivity contribution in [2.75, 3.05) is 7.11 Å². The van der Waals surface area contributed by atoms with Crippen molar-refractivity contribution in [3.05, 3.63) is 30.1 Å². The molecule has 0 aliphatic heterocycles. The summed E-state index contributed by atoms with van der Waals surface area (Å²) in [5, 5.41) is 0. The molecule has 0 fully saturated rings. The molecule has 1 aromatic carbocycles. The molecule has 0 atom stereocenters. The summed E-state index contributed by atoms with van der Waals surface area (Å²) in [5.74, 6) is 1.06. The molecule has 3 nitrogen and oxygen atoms in total. The van der Waals surface area contributed by atoms with Crippen LogP contribution in [0.5, 0.6) is 0 Å². The van der Waals surface area contributed by atoms with Gasteiger partial charge in [0, 0.05) is 13.7 Å². The molecule has 0 bridgehead atoms. The largest absolute Gasteiger partial charge is 0.377 e. The average molecular weight is 415 g/mol. The predicted molar refractivity (Wildman–Crippen MR) is 130 cm³/mol. The minimum Gasteiger partial charge on any atom is -0.377 e. The van der Waals surface area contributed by atoms with Crippen molar-refractivity contribution in [1.29, 1.82) is 0 Å². The fourth-order valence-corrected chi connectivity index (χ4v) is 4.43. The van der Waals surface area contributed by atoms with Gasteiger partial charge in [-0.25, -0.2) is 4.98 Å². The summed E-state index contributed by atoms with van der Waals surface area (Å²) in [6.45, 7) is 3.94. The number of aryl methyl sites for hydroxylation is 1. The summed E-state index contributed by atoms with van der Waals surface area (Å²) < 4.78 is 7.70. The maximum absolute atomic E-state index is 5.35. The number of methoxy groups -OCH3 is 1. The number of hydrogen-bond donors (Lipinski definition) is 0. The number of benzene rings is 1. The number of fused-ring (bicyclic) bond motifs is 1. The first kappa shape index (κ1) is 24.9. The molecule has 2 aromatic rings. The van der Waals surface area contributed by atoms with Crippen LogP contribution in [-0.2, 0) is 17.9 Å². The Morgan fingerprint density at radius 2 is 1.20 bits per heavy atom. The molecular formula is C27H46N2O. The monoisotopic (exact) mass is 414 g/mol. The van der Waals surface area contributed by atoms with Gasteiger partial charge in [-0.15, -0.1) is 0 Å². The van der Waals surface area contributed by atoms with Gasteiger partial charge < -0.3 is 9.30 Å². The van der Waals surface area contributed by atoms with Gasteiger partial charge in [-0.05, 0) is 18.6 Å². The van der Waals surface area contributed by atoms with E-state index in [1.807, 2.05) is 0 Å². The zero-order valence-electron chi connectivity index (χ0n) is 19.8. The Hall–Kier alpha value is -1.35. The molecule has 0 spiro atoms. The van der Waals surface area contributed by atoms with Crippen LogP contribution in [0.3, 0.4) is 0 Å². The third-order valence-corrected chi connectivity index (χ3v) is 6.24. The standard InChI is InChI=1S/C27H46N2O/c1-3-4-5-6-7-8-9-10-11-12-13-14-15-16-17-20-23-29-26-22-19-18-21-25(26)28-27(29)24-30-2/h18-19,21-22H,3-17,20,23-24H2,1-2H3. The smallest absolute Gasteiger partial charge is 0.135 e. The van der Waals surface area contributed by atoms with Crippen molar-refractivity contribution in [3.8, 4) is 0 Å². The average Bonchev–Trinajstić information content (AvgIpc) is 3.11. The van der Waals surface area contributed by atoms with Gasteiger partial charge in [0.05, 0.1) is 11.0 Å². The van der Waals surface area contributed by atoms with Crippen LogP contribution in [0.25, 0.3) is 11.0 Å². The molecule has 1 heterocycles. The normalized spacial score (nSPS) is 11.5. The highest BCUT2D eigenvalue weighted by atomic mass is 16.5. The molecule has 0 aliphatic carbocycles. The fourth-order valence-electron chi connectivity index (χ4n) is 4.43. The van der Waals surface area contributed by atoms with E-state index in [9.17, 15) is 0 Å². The molecule has 2 rings (SSSR count). The Balaban J connectivity index is 1.45. The van der Waals surface area contributed by atoms with E-state index >= 15 is 0 Å². The molecule has 0 amide bonds. The topological polar surface area (TPSA) is 27.1 Å². The first-order chi connectivity index (χ1) is 14.9. The Kier molecular flexibility index (Phi) is 13.6. The number of hydrogen-bond acceptors (Lipinski definition) is 2. The minimum atomic E-state index is 0.591. The number of unbranched alkanes of at least 4 members (excludes halogenated alkanes) is 15. The lowest BCUT2D eigenvalue weighted by molar-refractivity contribution is 0.174. The Morgan fingerprint density at radius 3 is 1.73 bits per heavy atom. The highest BCUT2D eigenvalue weighted by molar-refractivity contribution is 5.75. The first-order valence-corrected chi connectivity index (χ1v) is 12.8. The number of aromatic nitrogens is 2. The van der Waals surface area contributed by atoms with Crippen molar-refractivity contribution in [3.63, 3.8) is 0 Å². The lowest BCUT2D eigenvalue weighted by Crippen LogP contribution is -2.05. The van der Waals surface area contributed by atoms with Crippen LogP contribution in [0.2, 0.25) is 0 Å². The van der Waals surface area contributed by atoms with Crippen molar-refractivity contribution < 1.29 is 4.74 Å². The highest BCUT2D eigenvalue weighted by Gasteiger charge is 2.09. The van der Waals surface area contributed by atoms with E-state index in [0.29, 0.717) is 6.61 Å². The van der Waals surface area contributed by atoms with Crippen LogP contribution in [0.4, 0.5) is 0 Å². The summed E-state index contributed by atoms with van der Waals surface area (Å²) in [7, 11) is 1.75. The zero-order chi connectivity index (χ0) is 21.3. The van der Waals surface area contributed by atoms with Gasteiger partial charge in [0.15, 0.2) is 0 Å². The summed E-state index contributed by atoms with van der Waals surface area (Å²) in [6, 6.07) is 8.43. The predicted octanol–water partition coefficient (Wildman–Crippen LogP) is 8.44. The second kappa shape index (κ2) is 16.4. The summed E-state index contributed by atoms with van der Waals surface area (Å²) in [5.41, 5.74) is 2.33. The first-order valence-electron chi connectivity index (χ1n) is 12.8. The molecule has 0 saturated carbocycles. The van der Waals surface area contributed by atoms with Crippen LogP contribution < -0.4 is 0 Å². The lowest BCUT2D eigenvalue weighted by atomic mass is 10.0. The van der Waals surface area contributed by atoms with E-state index in [1.54, 1.807) is 7.11 Å². The van der Waals surface area contributed by atoms with Gasteiger partial charge in [0.2, 0.25) is 0 Å². The van der Waals surface area contributed by atoms with Gasteiger partial charge in [0.1, 0.15) is 12.4 Å². The highest BCUT2D eigenvalue weighted by Crippen LogP contribution is 2.18. The molecule has 3 heteroatoms. The Morgan fingerprint density at radius 1 is 0.700 bits per heavy atom. The molecule has 0 unspecified atom stereocenters. The van der Waals surface area contributed by atoms with Crippen molar-refractivity contribution in [2.24, 2.45) is 0 Å². The Labute approximate surface area is 185 Å². The number of imidazole rings is 1. The van der Waals surface area contributed by atoms with Crippen molar-refractivity contribution in [1.82, 2.24) is 9.55 Å². The third kappa shape index (κ3) is 9.64. The van der Waals surface area contributed by atoms with Crippen LogP contribution in [0, 0.1) is 0 Å². The maximum atomic E-state index is 5.35. The van der Waals surface area contributed by atoms with E-state index in [0.717, 1.165) is 17.9 Å². The molecule has 0 radical (unpaired) electrons. The molecule has 170 valence electrons. The van der Waals surface area contributed by atoms with Gasteiger partial charge in [0.25, 0.3) is 0 Å². The van der Waals surface area contributed by atoms with E-state index < -0.39 is 0 Å². The van der Waals surface area contributed by atoms with Gasteiger partial charge in [-0.2, -0.15) is 0 Å². The summed E-state index contributed by atoms with van der Waals surface area (Å²) in [4.78, 5) is 4.73. The van der Waals surface area contributed by atoms with Crippen molar-refractivity contribution >= 4 is 11.0 Å². The van der Waals surface area contributed by atoms with Crippen LogP contribution in [0.15, 0.2) is 24.3 Å². The molecule has 0 N–H and O–H groups in total. The van der Waals surface area contributed by atoms with E-state index in [1.165, 1.54) is 108 Å². The van der Waals surface area contributed by atoms with E-state index in [4.69, 9.17) is 9.72 Å².